The standard InChI is InChI=1S/C10H14N2O3S/c1-2-14-10(13)7-6-16-9(12-7)8-5-11-3-4-15-8/h6,8,11H,2-5H2,1H3. The lowest BCUT2D eigenvalue weighted by atomic mass is 10.3. The number of rotatable bonds is 3. The van der Waals surface area contributed by atoms with E-state index in [1.807, 2.05) is 0 Å². The van der Waals surface area contributed by atoms with Crippen LogP contribution in [0.3, 0.4) is 0 Å². The molecule has 1 N–H and O–H groups in total. The van der Waals surface area contributed by atoms with Crippen molar-refractivity contribution >= 4 is 17.3 Å². The molecule has 0 amide bonds. The largest absolute Gasteiger partial charge is 0.461 e. The first kappa shape index (κ1) is 11.5. The Hall–Kier alpha value is -0.980. The van der Waals surface area contributed by atoms with Crippen LogP contribution < -0.4 is 5.32 Å². The summed E-state index contributed by atoms with van der Waals surface area (Å²) in [5.74, 6) is -0.367. The first-order valence-corrected chi connectivity index (χ1v) is 6.14. The van der Waals surface area contributed by atoms with E-state index in [2.05, 4.69) is 10.3 Å². The molecule has 2 rings (SSSR count). The number of hydrogen-bond donors (Lipinski definition) is 1. The predicted molar refractivity (Wildman–Crippen MR) is 59.6 cm³/mol. The fraction of sp³-hybridized carbons (Fsp3) is 0.600. The summed E-state index contributed by atoms with van der Waals surface area (Å²) in [4.78, 5) is 15.6. The Morgan fingerprint density at radius 2 is 2.69 bits per heavy atom. The molecule has 0 spiro atoms. The van der Waals surface area contributed by atoms with E-state index in [4.69, 9.17) is 9.47 Å². The number of nitrogens with one attached hydrogen (secondary N) is 1. The topological polar surface area (TPSA) is 60.5 Å². The van der Waals surface area contributed by atoms with Crippen LogP contribution in [0.2, 0.25) is 0 Å². The van der Waals surface area contributed by atoms with Crippen LogP contribution in [0, 0.1) is 0 Å². The molecule has 1 saturated heterocycles. The van der Waals surface area contributed by atoms with Crippen LogP contribution in [0.1, 0.15) is 28.5 Å². The van der Waals surface area contributed by atoms with Gasteiger partial charge in [-0.05, 0) is 6.92 Å². The molecule has 1 atom stereocenters. The fourth-order valence-electron chi connectivity index (χ4n) is 1.46. The van der Waals surface area contributed by atoms with Crippen LogP contribution >= 0.6 is 11.3 Å². The third kappa shape index (κ3) is 2.58. The average Bonchev–Trinajstić information content (AvgIpc) is 2.80. The van der Waals surface area contributed by atoms with Crippen molar-refractivity contribution in [2.45, 2.75) is 13.0 Å². The van der Waals surface area contributed by atoms with Crippen molar-refractivity contribution in [3.63, 3.8) is 0 Å². The second-order valence-corrected chi connectivity index (χ2v) is 4.24. The van der Waals surface area contributed by atoms with Crippen LogP contribution in [0.5, 0.6) is 0 Å². The monoisotopic (exact) mass is 242 g/mol. The third-order valence-electron chi connectivity index (χ3n) is 2.21. The molecular weight excluding hydrogens is 228 g/mol. The van der Waals surface area contributed by atoms with Crippen molar-refractivity contribution in [2.75, 3.05) is 26.3 Å². The van der Waals surface area contributed by atoms with Gasteiger partial charge in [0.25, 0.3) is 0 Å². The number of esters is 1. The van der Waals surface area contributed by atoms with Gasteiger partial charge in [0.1, 0.15) is 11.1 Å². The Morgan fingerprint density at radius 3 is 3.38 bits per heavy atom. The first-order valence-electron chi connectivity index (χ1n) is 5.26. The number of carbonyl (C=O) groups is 1. The molecule has 16 heavy (non-hydrogen) atoms. The summed E-state index contributed by atoms with van der Waals surface area (Å²) in [6, 6.07) is 0. The van der Waals surface area contributed by atoms with Crippen molar-refractivity contribution < 1.29 is 14.3 Å². The van der Waals surface area contributed by atoms with Crippen molar-refractivity contribution in [1.82, 2.24) is 10.3 Å². The zero-order valence-corrected chi connectivity index (χ0v) is 9.88. The highest BCUT2D eigenvalue weighted by Crippen LogP contribution is 2.22. The highest BCUT2D eigenvalue weighted by Gasteiger charge is 2.21. The maximum absolute atomic E-state index is 11.4. The smallest absolute Gasteiger partial charge is 0.357 e. The van der Waals surface area contributed by atoms with Gasteiger partial charge in [-0.25, -0.2) is 9.78 Å². The minimum absolute atomic E-state index is 0.0399. The Bertz CT molecular complexity index is 361. The minimum Gasteiger partial charge on any atom is -0.461 e. The van der Waals surface area contributed by atoms with Crippen LogP contribution in [0.15, 0.2) is 5.38 Å². The minimum atomic E-state index is -0.367. The van der Waals surface area contributed by atoms with Gasteiger partial charge in [0, 0.05) is 18.5 Å². The van der Waals surface area contributed by atoms with Gasteiger partial charge in [0.2, 0.25) is 0 Å². The van der Waals surface area contributed by atoms with Crippen molar-refractivity contribution in [1.29, 1.82) is 0 Å². The SMILES string of the molecule is CCOC(=O)c1csc(C2CNCCO2)n1. The van der Waals surface area contributed by atoms with Gasteiger partial charge in [-0.3, -0.25) is 0 Å². The lowest BCUT2D eigenvalue weighted by Gasteiger charge is -2.21. The van der Waals surface area contributed by atoms with E-state index in [1.165, 1.54) is 11.3 Å². The quantitative estimate of drug-likeness (QED) is 0.801. The molecular formula is C10H14N2O3S. The zero-order chi connectivity index (χ0) is 11.4. The summed E-state index contributed by atoms with van der Waals surface area (Å²) < 4.78 is 10.4. The van der Waals surface area contributed by atoms with Crippen LogP contribution in [0.4, 0.5) is 0 Å². The lowest BCUT2D eigenvalue weighted by molar-refractivity contribution is 0.0273. The zero-order valence-electron chi connectivity index (χ0n) is 9.06. The van der Waals surface area contributed by atoms with E-state index in [0.717, 1.165) is 18.1 Å². The summed E-state index contributed by atoms with van der Waals surface area (Å²) in [6.45, 7) is 4.44. The molecule has 1 aliphatic heterocycles. The van der Waals surface area contributed by atoms with Gasteiger partial charge in [-0.2, -0.15) is 0 Å². The molecule has 1 fully saturated rings. The molecule has 0 aromatic carbocycles. The maximum atomic E-state index is 11.4. The Balaban J connectivity index is 2.03. The molecule has 0 aliphatic carbocycles. The molecule has 0 radical (unpaired) electrons. The number of hydrogen-bond acceptors (Lipinski definition) is 6. The van der Waals surface area contributed by atoms with Crippen LogP contribution in [0.25, 0.3) is 0 Å². The number of nitrogens with zero attached hydrogens (tertiary/aromatic N) is 1. The Labute approximate surface area is 97.8 Å². The summed E-state index contributed by atoms with van der Waals surface area (Å²) in [6.07, 6.45) is -0.0399. The number of thiazole rings is 1. The van der Waals surface area contributed by atoms with Crippen LogP contribution in [-0.2, 0) is 9.47 Å². The third-order valence-corrected chi connectivity index (χ3v) is 3.15. The highest BCUT2D eigenvalue weighted by atomic mass is 32.1. The summed E-state index contributed by atoms with van der Waals surface area (Å²) in [5.41, 5.74) is 0.371. The summed E-state index contributed by atoms with van der Waals surface area (Å²) in [5, 5.41) is 5.76. The molecule has 1 aliphatic rings. The highest BCUT2D eigenvalue weighted by molar-refractivity contribution is 7.09. The molecule has 5 nitrogen and oxygen atoms in total. The van der Waals surface area contributed by atoms with Crippen molar-refractivity contribution in [3.8, 4) is 0 Å². The molecule has 2 heterocycles. The van der Waals surface area contributed by atoms with E-state index < -0.39 is 0 Å². The maximum Gasteiger partial charge on any atom is 0.357 e. The van der Waals surface area contributed by atoms with Gasteiger partial charge in [0.05, 0.1) is 13.2 Å². The molecule has 0 saturated carbocycles. The van der Waals surface area contributed by atoms with Crippen molar-refractivity contribution in [3.05, 3.63) is 16.1 Å². The fourth-order valence-corrected chi connectivity index (χ4v) is 2.29. The normalized spacial score (nSPS) is 20.7. The molecule has 1 aromatic rings. The Morgan fingerprint density at radius 1 is 1.81 bits per heavy atom. The number of ether oxygens (including phenoxy) is 2. The molecule has 6 heteroatoms. The lowest BCUT2D eigenvalue weighted by Crippen LogP contribution is -2.33. The van der Waals surface area contributed by atoms with Gasteiger partial charge < -0.3 is 14.8 Å². The molecule has 1 aromatic heterocycles. The number of aromatic nitrogens is 1. The Kier molecular flexibility index (Phi) is 3.87. The summed E-state index contributed by atoms with van der Waals surface area (Å²) >= 11 is 1.43. The van der Waals surface area contributed by atoms with Gasteiger partial charge in [0.15, 0.2) is 5.69 Å². The van der Waals surface area contributed by atoms with E-state index in [1.54, 1.807) is 12.3 Å². The van der Waals surface area contributed by atoms with Crippen molar-refractivity contribution in [2.24, 2.45) is 0 Å². The van der Waals surface area contributed by atoms with Gasteiger partial charge in [-0.15, -0.1) is 11.3 Å². The second-order valence-electron chi connectivity index (χ2n) is 3.36. The second kappa shape index (κ2) is 5.38. The van der Waals surface area contributed by atoms with Gasteiger partial charge >= 0.3 is 5.97 Å². The van der Waals surface area contributed by atoms with E-state index in [0.29, 0.717) is 18.9 Å². The summed E-state index contributed by atoms with van der Waals surface area (Å²) in [7, 11) is 0. The van der Waals surface area contributed by atoms with E-state index in [9.17, 15) is 4.79 Å². The number of morpholine rings is 1. The number of carbonyl (C=O) groups excluding carboxylic acids is 1. The molecule has 0 bridgehead atoms. The van der Waals surface area contributed by atoms with Gasteiger partial charge in [-0.1, -0.05) is 0 Å². The predicted octanol–water partition coefficient (Wildman–Crippen LogP) is 0.981. The molecule has 88 valence electrons. The van der Waals surface area contributed by atoms with E-state index >= 15 is 0 Å². The molecule has 1 unspecified atom stereocenters. The van der Waals surface area contributed by atoms with E-state index in [-0.39, 0.29) is 12.1 Å². The first-order chi connectivity index (χ1) is 7.81. The average molecular weight is 242 g/mol. The van der Waals surface area contributed by atoms with Crippen LogP contribution in [-0.4, -0.2) is 37.3 Å².